The van der Waals surface area contributed by atoms with E-state index in [0.29, 0.717) is 0 Å². The summed E-state index contributed by atoms with van der Waals surface area (Å²) in [7, 11) is 0. The van der Waals surface area contributed by atoms with E-state index in [-0.39, 0.29) is 18.0 Å². The highest BCUT2D eigenvalue weighted by Crippen LogP contribution is 2.12. The molecule has 13 heavy (non-hydrogen) atoms. The zero-order valence-corrected chi connectivity index (χ0v) is 7.13. The summed E-state index contributed by atoms with van der Waals surface area (Å²) in [4.78, 5) is 0. The molecule has 0 saturated heterocycles. The van der Waals surface area contributed by atoms with Crippen molar-refractivity contribution >= 4 is 0 Å². The first-order valence-corrected chi connectivity index (χ1v) is 3.96. The zero-order valence-electron chi connectivity index (χ0n) is 7.13. The quantitative estimate of drug-likeness (QED) is 0.713. The lowest BCUT2D eigenvalue weighted by Gasteiger charge is -2.07. The molecule has 1 rings (SSSR count). The van der Waals surface area contributed by atoms with Crippen molar-refractivity contribution in [3.63, 3.8) is 0 Å². The Morgan fingerprint density at radius 1 is 1.46 bits per heavy atom. The van der Waals surface area contributed by atoms with Crippen LogP contribution in [0.15, 0.2) is 30.9 Å². The standard InChI is InChI=1S/C10H11F2N/c1-2-8(13)6-7-4-3-5-9(11)10(7)12/h2-5,8H,1,6,13H2. The largest absolute Gasteiger partial charge is 0.324 e. The third-order valence-corrected chi connectivity index (χ3v) is 1.79. The Kier molecular flexibility index (Phi) is 3.14. The summed E-state index contributed by atoms with van der Waals surface area (Å²) in [5.74, 6) is -1.66. The second kappa shape index (κ2) is 4.14. The number of nitrogens with two attached hydrogens (primary N) is 1. The van der Waals surface area contributed by atoms with Gasteiger partial charge in [0.05, 0.1) is 0 Å². The summed E-state index contributed by atoms with van der Waals surface area (Å²) in [6.07, 6.45) is 1.78. The minimum absolute atomic E-state index is 0.271. The fourth-order valence-electron chi connectivity index (χ4n) is 1.04. The summed E-state index contributed by atoms with van der Waals surface area (Å²) < 4.78 is 25.7. The third kappa shape index (κ3) is 2.36. The predicted octanol–water partition coefficient (Wildman–Crippen LogP) is 2.02. The van der Waals surface area contributed by atoms with Crippen LogP contribution in [0.1, 0.15) is 5.56 Å². The SMILES string of the molecule is C=CC(N)Cc1cccc(F)c1F. The van der Waals surface area contributed by atoms with Crippen LogP contribution in [0.3, 0.4) is 0 Å². The molecular formula is C10H11F2N. The van der Waals surface area contributed by atoms with E-state index in [4.69, 9.17) is 5.73 Å². The van der Waals surface area contributed by atoms with E-state index >= 15 is 0 Å². The van der Waals surface area contributed by atoms with Gasteiger partial charge in [-0.15, -0.1) is 6.58 Å². The average Bonchev–Trinajstić information content (AvgIpc) is 2.13. The molecule has 0 fully saturated rings. The number of rotatable bonds is 3. The van der Waals surface area contributed by atoms with Crippen molar-refractivity contribution < 1.29 is 8.78 Å². The van der Waals surface area contributed by atoms with E-state index in [2.05, 4.69) is 6.58 Å². The molecule has 1 nitrogen and oxygen atoms in total. The van der Waals surface area contributed by atoms with Crippen molar-refractivity contribution in [2.45, 2.75) is 12.5 Å². The van der Waals surface area contributed by atoms with Gasteiger partial charge >= 0.3 is 0 Å². The van der Waals surface area contributed by atoms with Crippen LogP contribution in [0.2, 0.25) is 0 Å². The molecule has 1 aromatic rings. The molecular weight excluding hydrogens is 172 g/mol. The van der Waals surface area contributed by atoms with Gasteiger partial charge in [-0.25, -0.2) is 8.78 Å². The van der Waals surface area contributed by atoms with E-state index < -0.39 is 11.6 Å². The Bertz CT molecular complexity index is 310. The van der Waals surface area contributed by atoms with Crippen LogP contribution in [0.5, 0.6) is 0 Å². The first-order chi connectivity index (χ1) is 6.15. The highest BCUT2D eigenvalue weighted by atomic mass is 19.2. The van der Waals surface area contributed by atoms with Gasteiger partial charge < -0.3 is 5.73 Å². The maximum atomic E-state index is 13.0. The van der Waals surface area contributed by atoms with E-state index in [0.717, 1.165) is 6.07 Å². The Hall–Kier alpha value is -1.22. The van der Waals surface area contributed by atoms with Crippen molar-refractivity contribution in [1.29, 1.82) is 0 Å². The number of benzene rings is 1. The predicted molar refractivity (Wildman–Crippen MR) is 48.2 cm³/mol. The molecule has 3 heteroatoms. The van der Waals surface area contributed by atoms with Crippen LogP contribution < -0.4 is 5.73 Å². The van der Waals surface area contributed by atoms with Gasteiger partial charge in [0.15, 0.2) is 11.6 Å². The third-order valence-electron chi connectivity index (χ3n) is 1.79. The van der Waals surface area contributed by atoms with Crippen LogP contribution in [0.25, 0.3) is 0 Å². The Labute approximate surface area is 75.9 Å². The lowest BCUT2D eigenvalue weighted by atomic mass is 10.1. The molecule has 70 valence electrons. The summed E-state index contributed by atoms with van der Waals surface area (Å²) in [5.41, 5.74) is 5.80. The van der Waals surface area contributed by atoms with Crippen LogP contribution in [-0.4, -0.2) is 6.04 Å². The van der Waals surface area contributed by atoms with E-state index in [1.165, 1.54) is 18.2 Å². The van der Waals surface area contributed by atoms with E-state index in [9.17, 15) is 8.78 Å². The van der Waals surface area contributed by atoms with Crippen molar-refractivity contribution in [2.24, 2.45) is 5.73 Å². The summed E-state index contributed by atoms with van der Waals surface area (Å²) in [6.45, 7) is 3.47. The Balaban J connectivity index is 2.88. The molecule has 0 spiro atoms. The molecule has 0 amide bonds. The van der Waals surface area contributed by atoms with Crippen molar-refractivity contribution in [2.75, 3.05) is 0 Å². The molecule has 0 aromatic heterocycles. The molecule has 1 atom stereocenters. The van der Waals surface area contributed by atoms with Crippen molar-refractivity contribution in [1.82, 2.24) is 0 Å². The molecule has 0 aliphatic rings. The lowest BCUT2D eigenvalue weighted by Crippen LogP contribution is -2.20. The molecule has 0 aliphatic heterocycles. The molecule has 0 aliphatic carbocycles. The molecule has 0 radical (unpaired) electrons. The number of halogens is 2. The molecule has 1 aromatic carbocycles. The second-order valence-electron chi connectivity index (χ2n) is 2.82. The second-order valence-corrected chi connectivity index (χ2v) is 2.82. The van der Waals surface area contributed by atoms with Crippen LogP contribution in [-0.2, 0) is 6.42 Å². The fraction of sp³-hybridized carbons (Fsp3) is 0.200. The maximum Gasteiger partial charge on any atom is 0.162 e. The van der Waals surface area contributed by atoms with Gasteiger partial charge in [0, 0.05) is 6.04 Å². The first kappa shape index (κ1) is 9.86. The summed E-state index contributed by atoms with van der Waals surface area (Å²) >= 11 is 0. The molecule has 1 unspecified atom stereocenters. The monoisotopic (exact) mass is 183 g/mol. The summed E-state index contributed by atoms with van der Waals surface area (Å²) in [5, 5.41) is 0. The topological polar surface area (TPSA) is 26.0 Å². The lowest BCUT2D eigenvalue weighted by molar-refractivity contribution is 0.496. The minimum atomic E-state index is -0.839. The van der Waals surface area contributed by atoms with Gasteiger partial charge in [0.2, 0.25) is 0 Å². The van der Waals surface area contributed by atoms with Crippen molar-refractivity contribution in [3.8, 4) is 0 Å². The first-order valence-electron chi connectivity index (χ1n) is 3.96. The van der Waals surface area contributed by atoms with Gasteiger partial charge in [-0.1, -0.05) is 18.2 Å². The highest BCUT2D eigenvalue weighted by Gasteiger charge is 2.09. The average molecular weight is 183 g/mol. The zero-order chi connectivity index (χ0) is 9.84. The van der Waals surface area contributed by atoms with Gasteiger partial charge in [0.1, 0.15) is 0 Å². The molecule has 0 heterocycles. The van der Waals surface area contributed by atoms with Gasteiger partial charge in [0.25, 0.3) is 0 Å². The number of hydrogen-bond acceptors (Lipinski definition) is 1. The van der Waals surface area contributed by atoms with E-state index in [1.807, 2.05) is 0 Å². The Morgan fingerprint density at radius 2 is 2.15 bits per heavy atom. The highest BCUT2D eigenvalue weighted by molar-refractivity contribution is 5.20. The van der Waals surface area contributed by atoms with Gasteiger partial charge in [-0.2, -0.15) is 0 Å². The maximum absolute atomic E-state index is 13.0. The molecule has 0 saturated carbocycles. The fourth-order valence-corrected chi connectivity index (χ4v) is 1.04. The summed E-state index contributed by atoms with van der Waals surface area (Å²) in [6, 6.07) is 3.72. The molecule has 2 N–H and O–H groups in total. The van der Waals surface area contributed by atoms with Crippen LogP contribution >= 0.6 is 0 Å². The Morgan fingerprint density at radius 3 is 2.77 bits per heavy atom. The van der Waals surface area contributed by atoms with E-state index in [1.54, 1.807) is 0 Å². The normalized spacial score (nSPS) is 12.5. The van der Waals surface area contributed by atoms with Gasteiger partial charge in [-0.3, -0.25) is 0 Å². The van der Waals surface area contributed by atoms with Crippen LogP contribution in [0, 0.1) is 11.6 Å². The van der Waals surface area contributed by atoms with Crippen molar-refractivity contribution in [3.05, 3.63) is 48.1 Å². The minimum Gasteiger partial charge on any atom is -0.324 e. The smallest absolute Gasteiger partial charge is 0.162 e. The molecule has 0 bridgehead atoms. The van der Waals surface area contributed by atoms with Gasteiger partial charge in [-0.05, 0) is 18.1 Å². The number of hydrogen-bond donors (Lipinski definition) is 1. The van der Waals surface area contributed by atoms with Crippen LogP contribution in [0.4, 0.5) is 8.78 Å².